The van der Waals surface area contributed by atoms with Gasteiger partial charge in [0.05, 0.1) is 56.9 Å². The summed E-state index contributed by atoms with van der Waals surface area (Å²) >= 11 is 0. The fraction of sp³-hybridized carbons (Fsp3) is 0.417. The van der Waals surface area contributed by atoms with Crippen molar-refractivity contribution in [1.29, 1.82) is 0 Å². The number of likely N-dealkylation sites (N-methyl/N-ethyl adjacent to an activating group) is 1. The van der Waals surface area contributed by atoms with Gasteiger partial charge in [0.15, 0.2) is 5.82 Å². The minimum absolute atomic E-state index is 0.0153. The van der Waals surface area contributed by atoms with Crippen molar-refractivity contribution in [3.8, 4) is 11.4 Å². The van der Waals surface area contributed by atoms with Crippen molar-refractivity contribution >= 4 is 29.0 Å². The Balaban J connectivity index is 1.34. The Morgan fingerprint density at radius 3 is 2.71 bits per heavy atom. The van der Waals surface area contributed by atoms with Gasteiger partial charge in [0, 0.05) is 38.0 Å². The average Bonchev–Trinajstić information content (AvgIpc) is 3.50. The highest BCUT2D eigenvalue weighted by molar-refractivity contribution is 6.08. The fourth-order valence-electron chi connectivity index (χ4n) is 4.90. The van der Waals surface area contributed by atoms with Gasteiger partial charge in [-0.05, 0) is 19.1 Å². The van der Waals surface area contributed by atoms with Gasteiger partial charge in [-0.15, -0.1) is 0 Å². The molecule has 1 aromatic carbocycles. The molecule has 1 atom stereocenters. The van der Waals surface area contributed by atoms with E-state index in [0.29, 0.717) is 56.1 Å². The van der Waals surface area contributed by atoms with E-state index in [-0.39, 0.29) is 11.9 Å². The number of carbonyl (C=O) groups excluding carboxylic acids is 1. The van der Waals surface area contributed by atoms with Crippen molar-refractivity contribution in [3.05, 3.63) is 42.6 Å². The molecule has 3 aliphatic rings. The summed E-state index contributed by atoms with van der Waals surface area (Å²) in [5.41, 5.74) is 2.51. The summed E-state index contributed by atoms with van der Waals surface area (Å²) < 4.78 is 18.6. The number of rotatable bonds is 5. The highest BCUT2D eigenvalue weighted by atomic mass is 16.5. The Bertz CT molecular complexity index is 1280. The van der Waals surface area contributed by atoms with Crippen molar-refractivity contribution in [2.45, 2.75) is 24.9 Å². The Morgan fingerprint density at radius 2 is 2.06 bits per heavy atom. The molecule has 2 aromatic heterocycles. The maximum atomic E-state index is 13.6. The Morgan fingerprint density at radius 1 is 1.20 bits per heavy atom. The van der Waals surface area contributed by atoms with Gasteiger partial charge in [-0.25, -0.2) is 9.97 Å². The smallest absolute Gasteiger partial charge is 0.255 e. The van der Waals surface area contributed by atoms with Gasteiger partial charge < -0.3 is 29.0 Å². The molecule has 2 saturated heterocycles. The van der Waals surface area contributed by atoms with Gasteiger partial charge in [-0.2, -0.15) is 4.98 Å². The molecule has 1 amide bonds. The summed E-state index contributed by atoms with van der Waals surface area (Å²) in [5.74, 6) is 1.83. The third kappa shape index (κ3) is 3.41. The third-order valence-corrected chi connectivity index (χ3v) is 7.00. The molecule has 1 spiro atoms. The zero-order chi connectivity index (χ0) is 24.2. The first-order valence-corrected chi connectivity index (χ1v) is 11.6. The van der Waals surface area contributed by atoms with Gasteiger partial charge >= 0.3 is 0 Å². The number of methoxy groups -OCH3 is 1. The van der Waals surface area contributed by atoms with Crippen molar-refractivity contribution < 1.29 is 19.0 Å². The number of imidazole rings is 1. The van der Waals surface area contributed by atoms with E-state index in [1.807, 2.05) is 52.7 Å². The lowest BCUT2D eigenvalue weighted by Crippen LogP contribution is -2.67. The number of nitrogens with zero attached hydrogens (tertiary/aromatic N) is 6. The molecule has 0 bridgehead atoms. The first-order chi connectivity index (χ1) is 17.0. The topological polar surface area (TPSA) is 107 Å². The van der Waals surface area contributed by atoms with Crippen molar-refractivity contribution in [2.24, 2.45) is 0 Å². The van der Waals surface area contributed by atoms with Gasteiger partial charge in [-0.1, -0.05) is 0 Å². The highest BCUT2D eigenvalue weighted by Gasteiger charge is 2.55. The maximum Gasteiger partial charge on any atom is 0.255 e. The van der Waals surface area contributed by atoms with E-state index < -0.39 is 5.54 Å². The zero-order valence-electron chi connectivity index (χ0n) is 19.9. The van der Waals surface area contributed by atoms with E-state index in [4.69, 9.17) is 19.2 Å². The summed E-state index contributed by atoms with van der Waals surface area (Å²) in [4.78, 5) is 31.0. The quantitative estimate of drug-likeness (QED) is 0.591. The van der Waals surface area contributed by atoms with E-state index in [1.165, 1.54) is 0 Å². The molecule has 35 heavy (non-hydrogen) atoms. The molecular formula is C24H27N7O4. The molecule has 0 aliphatic carbocycles. The first kappa shape index (κ1) is 21.8. The number of benzene rings is 1. The van der Waals surface area contributed by atoms with Crippen LogP contribution in [0.1, 0.15) is 12.1 Å². The van der Waals surface area contributed by atoms with Crippen LogP contribution in [0.2, 0.25) is 0 Å². The van der Waals surface area contributed by atoms with Crippen molar-refractivity contribution in [1.82, 2.24) is 19.5 Å². The number of fused-ring (bicyclic) bond motifs is 1. The molecule has 3 aromatic rings. The number of hydrogen-bond acceptors (Lipinski definition) is 9. The standard InChI is InChI=1S/C24H27N7O4/c1-15-10-30(14-26-15)18-5-4-16(8-20(18)33-3)27-23-25-9-19-21(28-23)29(2)24(6-7-34-13-24)22(32)31(19)17-11-35-12-17/h4-5,8-10,14,17H,6-7,11-13H2,1-3H3,(H,25,27,28). The second-order valence-corrected chi connectivity index (χ2v) is 9.10. The van der Waals surface area contributed by atoms with Crippen LogP contribution in [0.4, 0.5) is 23.1 Å². The van der Waals surface area contributed by atoms with Gasteiger partial charge in [0.2, 0.25) is 5.95 Å². The number of anilines is 4. The molecule has 0 radical (unpaired) electrons. The molecule has 6 rings (SSSR count). The zero-order valence-corrected chi connectivity index (χ0v) is 19.9. The van der Waals surface area contributed by atoms with Crippen LogP contribution < -0.4 is 19.9 Å². The number of ether oxygens (including phenoxy) is 3. The third-order valence-electron chi connectivity index (χ3n) is 7.00. The van der Waals surface area contributed by atoms with Crippen LogP contribution in [0, 0.1) is 6.92 Å². The molecular weight excluding hydrogens is 450 g/mol. The largest absolute Gasteiger partial charge is 0.494 e. The van der Waals surface area contributed by atoms with Crippen LogP contribution in [0.25, 0.3) is 5.69 Å². The number of aromatic nitrogens is 4. The van der Waals surface area contributed by atoms with Crippen LogP contribution in [-0.4, -0.2) is 77.6 Å². The summed E-state index contributed by atoms with van der Waals surface area (Å²) in [5, 5.41) is 3.28. The van der Waals surface area contributed by atoms with Crippen molar-refractivity contribution in [3.63, 3.8) is 0 Å². The number of aryl methyl sites for hydroxylation is 1. The lowest BCUT2D eigenvalue weighted by Gasteiger charge is -2.49. The SMILES string of the molecule is COc1cc(Nc2ncc3c(n2)N(C)C2(CCOC2)C(=O)N3C2COC2)ccc1-n1cnc(C)c1. The molecule has 2 fully saturated rings. The van der Waals surface area contributed by atoms with Gasteiger partial charge in [0.25, 0.3) is 5.91 Å². The second-order valence-electron chi connectivity index (χ2n) is 9.10. The van der Waals surface area contributed by atoms with Gasteiger partial charge in [-0.3, -0.25) is 9.69 Å². The maximum absolute atomic E-state index is 13.6. The number of carbonyl (C=O) groups is 1. The fourth-order valence-corrected chi connectivity index (χ4v) is 4.90. The predicted molar refractivity (Wildman–Crippen MR) is 129 cm³/mol. The minimum Gasteiger partial charge on any atom is -0.494 e. The first-order valence-electron chi connectivity index (χ1n) is 11.6. The Labute approximate surface area is 202 Å². The lowest BCUT2D eigenvalue weighted by molar-refractivity contribution is -0.127. The molecule has 3 aliphatic heterocycles. The van der Waals surface area contributed by atoms with Gasteiger partial charge in [0.1, 0.15) is 17.0 Å². The van der Waals surface area contributed by atoms with Crippen LogP contribution in [0.5, 0.6) is 5.75 Å². The van der Waals surface area contributed by atoms with E-state index >= 15 is 0 Å². The van der Waals surface area contributed by atoms with Crippen molar-refractivity contribution in [2.75, 3.05) is 55.7 Å². The van der Waals surface area contributed by atoms with E-state index in [0.717, 1.165) is 17.1 Å². The average molecular weight is 478 g/mol. The van der Waals surface area contributed by atoms with Crippen LogP contribution in [0.3, 0.4) is 0 Å². The molecule has 0 saturated carbocycles. The molecule has 1 N–H and O–H groups in total. The van der Waals surface area contributed by atoms with Crippen LogP contribution in [-0.2, 0) is 14.3 Å². The number of amides is 1. The van der Waals surface area contributed by atoms with Crippen LogP contribution in [0.15, 0.2) is 36.9 Å². The molecule has 11 nitrogen and oxygen atoms in total. The summed E-state index contributed by atoms with van der Waals surface area (Å²) in [6.45, 7) is 3.84. The predicted octanol–water partition coefficient (Wildman–Crippen LogP) is 2.06. The molecule has 5 heterocycles. The summed E-state index contributed by atoms with van der Waals surface area (Å²) in [6.07, 6.45) is 6.02. The normalized spacial score (nSPS) is 21.9. The van der Waals surface area contributed by atoms with E-state index in [9.17, 15) is 4.79 Å². The molecule has 1 unspecified atom stereocenters. The lowest BCUT2D eigenvalue weighted by atomic mass is 9.90. The van der Waals surface area contributed by atoms with E-state index in [1.54, 1.807) is 19.6 Å². The minimum atomic E-state index is -0.762. The number of hydrogen-bond donors (Lipinski definition) is 1. The highest BCUT2D eigenvalue weighted by Crippen LogP contribution is 2.43. The summed E-state index contributed by atoms with van der Waals surface area (Å²) in [6, 6.07) is 5.77. The summed E-state index contributed by atoms with van der Waals surface area (Å²) in [7, 11) is 3.54. The van der Waals surface area contributed by atoms with E-state index in [2.05, 4.69) is 15.3 Å². The molecule has 182 valence electrons. The van der Waals surface area contributed by atoms with Crippen LogP contribution >= 0.6 is 0 Å². The Hall–Kier alpha value is -3.70. The second kappa shape index (κ2) is 8.21. The number of nitrogens with one attached hydrogen (secondary N) is 1. The molecule has 11 heteroatoms. The monoisotopic (exact) mass is 477 g/mol. The Kier molecular flexibility index (Phi) is 5.11.